The summed E-state index contributed by atoms with van der Waals surface area (Å²) in [5, 5.41) is 0. The highest BCUT2D eigenvalue weighted by Crippen LogP contribution is 2.25. The molecule has 60 valence electrons. The van der Waals surface area contributed by atoms with Gasteiger partial charge < -0.3 is 10.2 Å². The number of furan rings is 1. The van der Waals surface area contributed by atoms with E-state index in [2.05, 4.69) is 6.07 Å². The van der Waals surface area contributed by atoms with Crippen LogP contribution in [0.1, 0.15) is 17.7 Å². The van der Waals surface area contributed by atoms with Gasteiger partial charge in [0.2, 0.25) is 0 Å². The Morgan fingerprint density at radius 1 is 1.64 bits per heavy atom. The molecule has 1 aliphatic rings. The van der Waals surface area contributed by atoms with Crippen molar-refractivity contribution in [3.05, 3.63) is 23.7 Å². The third kappa shape index (κ3) is 1.18. The highest BCUT2D eigenvalue weighted by molar-refractivity contribution is 5.20. The minimum atomic E-state index is 0.647. The Kier molecular flexibility index (Phi) is 1.70. The number of nitrogens with two attached hydrogens (primary N) is 1. The Hall–Kier alpha value is -0.760. The van der Waals surface area contributed by atoms with Gasteiger partial charge in [0, 0.05) is 6.42 Å². The topological polar surface area (TPSA) is 39.2 Å². The fourth-order valence-corrected chi connectivity index (χ4v) is 1.69. The summed E-state index contributed by atoms with van der Waals surface area (Å²) in [6.45, 7) is 0.792. The molecule has 1 aromatic heterocycles. The van der Waals surface area contributed by atoms with Crippen LogP contribution < -0.4 is 5.73 Å². The maximum Gasteiger partial charge on any atom is 0.107 e. The van der Waals surface area contributed by atoms with Crippen molar-refractivity contribution in [2.24, 2.45) is 11.7 Å². The summed E-state index contributed by atoms with van der Waals surface area (Å²) in [4.78, 5) is 0. The van der Waals surface area contributed by atoms with E-state index in [-0.39, 0.29) is 0 Å². The minimum absolute atomic E-state index is 0.647. The van der Waals surface area contributed by atoms with Gasteiger partial charge in [-0.25, -0.2) is 0 Å². The first kappa shape index (κ1) is 6.92. The summed E-state index contributed by atoms with van der Waals surface area (Å²) < 4.78 is 5.33. The lowest BCUT2D eigenvalue weighted by Gasteiger charge is -2.18. The average Bonchev–Trinajstić information content (AvgIpc) is 2.50. The molecular formula is C9H13NO. The molecule has 1 aliphatic carbocycles. The van der Waals surface area contributed by atoms with Crippen LogP contribution in [-0.4, -0.2) is 6.54 Å². The molecule has 1 atom stereocenters. The van der Waals surface area contributed by atoms with Crippen molar-refractivity contribution in [2.75, 3.05) is 6.54 Å². The Morgan fingerprint density at radius 2 is 2.55 bits per heavy atom. The van der Waals surface area contributed by atoms with E-state index in [9.17, 15) is 0 Å². The van der Waals surface area contributed by atoms with Gasteiger partial charge in [0.1, 0.15) is 5.76 Å². The molecule has 0 aliphatic heterocycles. The molecule has 1 unspecified atom stereocenters. The highest BCUT2D eigenvalue weighted by Gasteiger charge is 2.19. The molecule has 2 N–H and O–H groups in total. The van der Waals surface area contributed by atoms with Crippen LogP contribution in [0.4, 0.5) is 0 Å². The van der Waals surface area contributed by atoms with E-state index >= 15 is 0 Å². The zero-order valence-corrected chi connectivity index (χ0v) is 6.55. The number of hydrogen-bond acceptors (Lipinski definition) is 2. The number of hydrogen-bond donors (Lipinski definition) is 1. The van der Waals surface area contributed by atoms with Crippen LogP contribution in [0.15, 0.2) is 16.7 Å². The molecule has 1 aromatic rings. The van der Waals surface area contributed by atoms with E-state index in [1.165, 1.54) is 12.0 Å². The molecule has 0 aromatic carbocycles. The fraction of sp³-hybridized carbons (Fsp3) is 0.556. The summed E-state index contributed by atoms with van der Waals surface area (Å²) in [6.07, 6.45) is 5.19. The first-order chi connectivity index (χ1) is 5.40. The Bertz CT molecular complexity index is 241. The number of aryl methyl sites for hydroxylation is 1. The monoisotopic (exact) mass is 151 g/mol. The van der Waals surface area contributed by atoms with Gasteiger partial charge >= 0.3 is 0 Å². The Labute approximate surface area is 66.4 Å². The molecule has 0 spiro atoms. The summed E-state index contributed by atoms with van der Waals surface area (Å²) in [5.74, 6) is 1.81. The molecular weight excluding hydrogens is 138 g/mol. The summed E-state index contributed by atoms with van der Waals surface area (Å²) in [7, 11) is 0. The molecule has 0 saturated carbocycles. The molecule has 0 amide bonds. The van der Waals surface area contributed by atoms with E-state index in [1.807, 2.05) is 0 Å². The lowest BCUT2D eigenvalue weighted by atomic mass is 9.89. The molecule has 0 saturated heterocycles. The second kappa shape index (κ2) is 2.70. The van der Waals surface area contributed by atoms with Crippen molar-refractivity contribution in [3.8, 4) is 0 Å². The van der Waals surface area contributed by atoms with Crippen molar-refractivity contribution in [1.29, 1.82) is 0 Å². The van der Waals surface area contributed by atoms with Crippen molar-refractivity contribution < 1.29 is 4.42 Å². The van der Waals surface area contributed by atoms with E-state index in [1.54, 1.807) is 6.26 Å². The molecule has 1 heterocycles. The second-order valence-electron chi connectivity index (χ2n) is 3.21. The van der Waals surface area contributed by atoms with Gasteiger partial charge in [-0.15, -0.1) is 0 Å². The van der Waals surface area contributed by atoms with Crippen LogP contribution in [0.3, 0.4) is 0 Å². The van der Waals surface area contributed by atoms with Gasteiger partial charge in [-0.3, -0.25) is 0 Å². The normalized spacial score (nSPS) is 23.2. The maximum absolute atomic E-state index is 5.59. The largest absolute Gasteiger partial charge is 0.469 e. The van der Waals surface area contributed by atoms with E-state index in [0.29, 0.717) is 5.92 Å². The van der Waals surface area contributed by atoms with Gasteiger partial charge in [-0.1, -0.05) is 0 Å². The van der Waals surface area contributed by atoms with E-state index < -0.39 is 0 Å². The number of fused-ring (bicyclic) bond motifs is 1. The van der Waals surface area contributed by atoms with Crippen LogP contribution in [0.2, 0.25) is 0 Å². The highest BCUT2D eigenvalue weighted by atomic mass is 16.3. The zero-order chi connectivity index (χ0) is 7.68. The predicted octanol–water partition coefficient (Wildman–Crippen LogP) is 1.34. The van der Waals surface area contributed by atoms with Crippen LogP contribution in [0.25, 0.3) is 0 Å². The standard InChI is InChI=1S/C9H13NO/c10-6-7-1-2-8-3-4-11-9(8)5-7/h3-4,7H,1-2,5-6,10H2. The van der Waals surface area contributed by atoms with E-state index in [4.69, 9.17) is 10.2 Å². The minimum Gasteiger partial charge on any atom is -0.469 e. The first-order valence-electron chi connectivity index (χ1n) is 4.15. The van der Waals surface area contributed by atoms with Crippen molar-refractivity contribution >= 4 is 0 Å². The first-order valence-corrected chi connectivity index (χ1v) is 4.15. The molecule has 2 rings (SSSR count). The average molecular weight is 151 g/mol. The quantitative estimate of drug-likeness (QED) is 0.658. The van der Waals surface area contributed by atoms with Gasteiger partial charge in [0.05, 0.1) is 6.26 Å². The van der Waals surface area contributed by atoms with Crippen molar-refractivity contribution in [2.45, 2.75) is 19.3 Å². The van der Waals surface area contributed by atoms with Crippen molar-refractivity contribution in [1.82, 2.24) is 0 Å². The molecule has 0 fully saturated rings. The molecule has 0 radical (unpaired) electrons. The Morgan fingerprint density at radius 3 is 3.36 bits per heavy atom. The van der Waals surface area contributed by atoms with Crippen molar-refractivity contribution in [3.63, 3.8) is 0 Å². The molecule has 2 heteroatoms. The van der Waals surface area contributed by atoms with Crippen LogP contribution in [0.5, 0.6) is 0 Å². The third-order valence-corrected chi connectivity index (χ3v) is 2.47. The van der Waals surface area contributed by atoms with Gasteiger partial charge in [-0.2, -0.15) is 0 Å². The third-order valence-electron chi connectivity index (χ3n) is 2.47. The van der Waals surface area contributed by atoms with Gasteiger partial charge in [0.15, 0.2) is 0 Å². The predicted molar refractivity (Wildman–Crippen MR) is 43.3 cm³/mol. The fourth-order valence-electron chi connectivity index (χ4n) is 1.69. The van der Waals surface area contributed by atoms with Crippen LogP contribution in [0, 0.1) is 5.92 Å². The lowest BCUT2D eigenvalue weighted by molar-refractivity contribution is 0.397. The van der Waals surface area contributed by atoms with Gasteiger partial charge in [0.25, 0.3) is 0 Å². The van der Waals surface area contributed by atoms with Crippen LogP contribution >= 0.6 is 0 Å². The molecule has 11 heavy (non-hydrogen) atoms. The maximum atomic E-state index is 5.59. The molecule has 2 nitrogen and oxygen atoms in total. The lowest BCUT2D eigenvalue weighted by Crippen LogP contribution is -2.21. The van der Waals surface area contributed by atoms with E-state index in [0.717, 1.165) is 25.1 Å². The summed E-state index contributed by atoms with van der Waals surface area (Å²) in [5.41, 5.74) is 6.97. The van der Waals surface area contributed by atoms with Gasteiger partial charge in [-0.05, 0) is 36.9 Å². The second-order valence-corrected chi connectivity index (χ2v) is 3.21. The zero-order valence-electron chi connectivity index (χ0n) is 6.55. The molecule has 0 bridgehead atoms. The van der Waals surface area contributed by atoms with Crippen LogP contribution in [-0.2, 0) is 12.8 Å². The summed E-state index contributed by atoms with van der Waals surface area (Å²) in [6, 6.07) is 2.07. The number of rotatable bonds is 1. The SMILES string of the molecule is NCC1CCc2ccoc2C1. The Balaban J connectivity index is 2.18. The smallest absolute Gasteiger partial charge is 0.107 e. The summed E-state index contributed by atoms with van der Waals surface area (Å²) >= 11 is 0.